The topological polar surface area (TPSA) is 12.0 Å². The number of nitrogens with one attached hydrogen (secondary N) is 1. The predicted molar refractivity (Wildman–Crippen MR) is 65.6 cm³/mol. The first-order valence-corrected chi connectivity index (χ1v) is 5.97. The first-order valence-electron chi connectivity index (χ1n) is 5.18. The summed E-state index contributed by atoms with van der Waals surface area (Å²) in [5, 5.41) is 3.48. The Morgan fingerprint density at radius 1 is 1.36 bits per heavy atom. The van der Waals surface area contributed by atoms with Gasteiger partial charge in [0, 0.05) is 10.5 Å². The molecule has 0 heterocycles. The molecule has 1 N–H and O–H groups in total. The first kappa shape index (κ1) is 11.7. The quantitative estimate of drug-likeness (QED) is 0.863. The van der Waals surface area contributed by atoms with E-state index in [1.54, 1.807) is 0 Å². The maximum atomic E-state index is 3.52. The minimum absolute atomic E-state index is 0.492. The van der Waals surface area contributed by atoms with Gasteiger partial charge < -0.3 is 5.32 Å². The van der Waals surface area contributed by atoms with Gasteiger partial charge in [-0.15, -0.1) is 0 Å². The molecule has 0 radical (unpaired) electrons. The van der Waals surface area contributed by atoms with Gasteiger partial charge in [0.1, 0.15) is 0 Å². The number of aryl methyl sites for hydroxylation is 1. The summed E-state index contributed by atoms with van der Waals surface area (Å²) in [6.07, 6.45) is 1.13. The second kappa shape index (κ2) is 5.52. The van der Waals surface area contributed by atoms with Crippen LogP contribution < -0.4 is 5.32 Å². The van der Waals surface area contributed by atoms with E-state index in [9.17, 15) is 0 Å². The van der Waals surface area contributed by atoms with E-state index >= 15 is 0 Å². The van der Waals surface area contributed by atoms with E-state index < -0.39 is 0 Å². The van der Waals surface area contributed by atoms with Crippen LogP contribution in [0.3, 0.4) is 0 Å². The first-order chi connectivity index (χ1) is 6.69. The molecular formula is C12H18BrN. The van der Waals surface area contributed by atoms with Crippen molar-refractivity contribution in [1.29, 1.82) is 0 Å². The number of halogens is 1. The Kier molecular flexibility index (Phi) is 4.63. The van der Waals surface area contributed by atoms with Crippen LogP contribution in [0, 0.1) is 6.92 Å². The third-order valence-electron chi connectivity index (χ3n) is 2.44. The van der Waals surface area contributed by atoms with Gasteiger partial charge in [0.25, 0.3) is 0 Å². The van der Waals surface area contributed by atoms with Crippen LogP contribution in [0.4, 0.5) is 0 Å². The normalized spacial score (nSPS) is 12.9. The van der Waals surface area contributed by atoms with Crippen LogP contribution in [0.5, 0.6) is 0 Å². The molecule has 0 amide bonds. The van der Waals surface area contributed by atoms with Crippen LogP contribution in [0.15, 0.2) is 22.7 Å². The Hall–Kier alpha value is -0.340. The lowest BCUT2D eigenvalue weighted by molar-refractivity contribution is 0.537. The van der Waals surface area contributed by atoms with Crippen LogP contribution in [-0.2, 0) is 0 Å². The van der Waals surface area contributed by atoms with Crippen molar-refractivity contribution in [3.8, 4) is 0 Å². The van der Waals surface area contributed by atoms with Crippen LogP contribution in [0.25, 0.3) is 0 Å². The van der Waals surface area contributed by atoms with Crippen LogP contribution >= 0.6 is 15.9 Å². The molecule has 0 saturated carbocycles. The molecule has 0 aromatic heterocycles. The third kappa shape index (κ3) is 2.82. The van der Waals surface area contributed by atoms with E-state index in [4.69, 9.17) is 0 Å². The van der Waals surface area contributed by atoms with Gasteiger partial charge in [-0.1, -0.05) is 41.9 Å². The molecule has 1 unspecified atom stereocenters. The molecule has 1 aromatic carbocycles. The molecular weight excluding hydrogens is 238 g/mol. The highest BCUT2D eigenvalue weighted by Gasteiger charge is 2.07. The molecule has 1 atom stereocenters. The van der Waals surface area contributed by atoms with Crippen molar-refractivity contribution in [3.63, 3.8) is 0 Å². The average Bonchev–Trinajstić information content (AvgIpc) is 2.19. The van der Waals surface area contributed by atoms with Crippen molar-refractivity contribution >= 4 is 15.9 Å². The highest BCUT2D eigenvalue weighted by atomic mass is 79.9. The third-order valence-corrected chi connectivity index (χ3v) is 3.33. The van der Waals surface area contributed by atoms with Gasteiger partial charge >= 0.3 is 0 Å². The number of rotatable bonds is 4. The summed E-state index contributed by atoms with van der Waals surface area (Å²) in [6.45, 7) is 7.51. The lowest BCUT2D eigenvalue weighted by atomic mass is 10.0. The molecule has 0 aliphatic carbocycles. The summed E-state index contributed by atoms with van der Waals surface area (Å²) in [4.78, 5) is 0. The zero-order chi connectivity index (χ0) is 10.6. The van der Waals surface area contributed by atoms with Gasteiger partial charge in [0.2, 0.25) is 0 Å². The molecule has 0 aliphatic rings. The predicted octanol–water partition coefficient (Wildman–Crippen LogP) is 3.82. The summed E-state index contributed by atoms with van der Waals surface area (Å²) in [5.41, 5.74) is 2.69. The highest BCUT2D eigenvalue weighted by Crippen LogP contribution is 2.22. The zero-order valence-corrected chi connectivity index (χ0v) is 10.7. The van der Waals surface area contributed by atoms with E-state index in [-0.39, 0.29) is 0 Å². The Balaban J connectivity index is 2.88. The van der Waals surface area contributed by atoms with Crippen LogP contribution in [0.2, 0.25) is 0 Å². The molecule has 1 aromatic rings. The van der Waals surface area contributed by atoms with Gasteiger partial charge in [0.15, 0.2) is 0 Å². The lowest BCUT2D eigenvalue weighted by Crippen LogP contribution is -2.20. The smallest absolute Gasteiger partial charge is 0.0317 e. The van der Waals surface area contributed by atoms with E-state index in [0.717, 1.165) is 13.0 Å². The molecule has 1 rings (SSSR count). The minimum Gasteiger partial charge on any atom is -0.310 e. The minimum atomic E-state index is 0.492. The second-order valence-corrected chi connectivity index (χ2v) is 4.38. The Morgan fingerprint density at radius 2 is 2.07 bits per heavy atom. The van der Waals surface area contributed by atoms with Gasteiger partial charge in [-0.05, 0) is 37.1 Å². The van der Waals surface area contributed by atoms with Gasteiger partial charge in [-0.2, -0.15) is 0 Å². The van der Waals surface area contributed by atoms with Crippen molar-refractivity contribution in [2.24, 2.45) is 0 Å². The Labute approximate surface area is 95.0 Å². The van der Waals surface area contributed by atoms with E-state index in [0.29, 0.717) is 6.04 Å². The maximum Gasteiger partial charge on any atom is 0.0317 e. The molecule has 0 aliphatic heterocycles. The molecule has 14 heavy (non-hydrogen) atoms. The molecule has 78 valence electrons. The van der Waals surface area contributed by atoms with Crippen molar-refractivity contribution in [1.82, 2.24) is 5.32 Å². The Morgan fingerprint density at radius 3 is 2.57 bits per heavy atom. The van der Waals surface area contributed by atoms with Gasteiger partial charge in [0.05, 0.1) is 0 Å². The molecule has 0 fully saturated rings. The highest BCUT2D eigenvalue weighted by molar-refractivity contribution is 9.10. The summed E-state index contributed by atoms with van der Waals surface area (Å²) in [7, 11) is 0. The number of benzene rings is 1. The SMILES string of the molecule is CCNC(CC)c1ccc(Br)c(C)c1. The molecule has 1 nitrogen and oxygen atoms in total. The largest absolute Gasteiger partial charge is 0.310 e. The summed E-state index contributed by atoms with van der Waals surface area (Å²) in [6, 6.07) is 7.06. The number of hydrogen-bond donors (Lipinski definition) is 1. The Bertz CT molecular complexity index is 296. The fraction of sp³-hybridized carbons (Fsp3) is 0.500. The molecule has 0 bridgehead atoms. The second-order valence-electron chi connectivity index (χ2n) is 3.53. The van der Waals surface area contributed by atoms with Gasteiger partial charge in [-0.25, -0.2) is 0 Å². The summed E-state index contributed by atoms with van der Waals surface area (Å²) >= 11 is 3.52. The lowest BCUT2D eigenvalue weighted by Gasteiger charge is -2.17. The molecule has 0 saturated heterocycles. The summed E-state index contributed by atoms with van der Waals surface area (Å²) < 4.78 is 1.19. The summed E-state index contributed by atoms with van der Waals surface area (Å²) in [5.74, 6) is 0. The molecule has 0 spiro atoms. The monoisotopic (exact) mass is 255 g/mol. The standard InChI is InChI=1S/C12H18BrN/c1-4-12(14-5-2)10-6-7-11(13)9(3)8-10/h6-8,12,14H,4-5H2,1-3H3. The van der Waals surface area contributed by atoms with Crippen molar-refractivity contribution in [2.75, 3.05) is 6.54 Å². The van der Waals surface area contributed by atoms with Crippen molar-refractivity contribution in [3.05, 3.63) is 33.8 Å². The van der Waals surface area contributed by atoms with Crippen molar-refractivity contribution < 1.29 is 0 Å². The van der Waals surface area contributed by atoms with Crippen LogP contribution in [0.1, 0.15) is 37.4 Å². The van der Waals surface area contributed by atoms with E-state index in [1.165, 1.54) is 15.6 Å². The maximum absolute atomic E-state index is 3.52. The van der Waals surface area contributed by atoms with E-state index in [1.807, 2.05) is 0 Å². The van der Waals surface area contributed by atoms with E-state index in [2.05, 4.69) is 60.2 Å². The fourth-order valence-corrected chi connectivity index (χ4v) is 1.88. The molecule has 2 heteroatoms. The fourth-order valence-electron chi connectivity index (χ4n) is 1.63. The zero-order valence-electron chi connectivity index (χ0n) is 9.10. The number of hydrogen-bond acceptors (Lipinski definition) is 1. The van der Waals surface area contributed by atoms with Gasteiger partial charge in [-0.3, -0.25) is 0 Å². The van der Waals surface area contributed by atoms with Crippen LogP contribution in [-0.4, -0.2) is 6.54 Å². The van der Waals surface area contributed by atoms with Crippen molar-refractivity contribution in [2.45, 2.75) is 33.2 Å². The average molecular weight is 256 g/mol.